The highest BCUT2D eigenvalue weighted by Gasteiger charge is 2.40. The van der Waals surface area contributed by atoms with Crippen molar-refractivity contribution in [3.8, 4) is 0 Å². The van der Waals surface area contributed by atoms with E-state index in [1.165, 1.54) is 16.4 Å². The Hall–Kier alpha value is -2.70. The molecule has 5 rings (SSSR count). The molecule has 3 fully saturated rings. The second-order valence-corrected chi connectivity index (χ2v) is 13.7. The van der Waals surface area contributed by atoms with Crippen LogP contribution in [0, 0.1) is 11.8 Å². The van der Waals surface area contributed by atoms with Gasteiger partial charge in [-0.1, -0.05) is 30.3 Å². The van der Waals surface area contributed by atoms with Crippen molar-refractivity contribution in [1.29, 1.82) is 0 Å². The zero-order valence-corrected chi connectivity index (χ0v) is 24.4. The lowest BCUT2D eigenvalue weighted by Gasteiger charge is -2.32. The summed E-state index contributed by atoms with van der Waals surface area (Å²) < 4.78 is 40.3. The van der Waals surface area contributed by atoms with E-state index in [0.29, 0.717) is 37.2 Å². The molecule has 10 nitrogen and oxygen atoms in total. The van der Waals surface area contributed by atoms with Crippen molar-refractivity contribution in [2.75, 3.05) is 45.6 Å². The van der Waals surface area contributed by atoms with E-state index in [1.807, 2.05) is 37.4 Å². The number of sulfonamides is 1. The number of aliphatic hydroxyl groups is 1. The Bertz CT molecular complexity index is 1250. The Labute approximate surface area is 242 Å². The van der Waals surface area contributed by atoms with E-state index < -0.39 is 28.3 Å². The number of anilines is 1. The number of fused-ring (bicyclic) bond motifs is 1. The Morgan fingerprint density at radius 3 is 2.46 bits per heavy atom. The van der Waals surface area contributed by atoms with E-state index in [1.54, 1.807) is 12.1 Å². The van der Waals surface area contributed by atoms with Gasteiger partial charge in [0.1, 0.15) is 6.10 Å². The van der Waals surface area contributed by atoms with Crippen LogP contribution in [0.4, 0.5) is 10.5 Å². The molecule has 11 heteroatoms. The summed E-state index contributed by atoms with van der Waals surface area (Å²) in [5, 5.41) is 14.4. The van der Waals surface area contributed by atoms with Crippen LogP contribution in [0.25, 0.3) is 0 Å². The predicted molar refractivity (Wildman–Crippen MR) is 156 cm³/mol. The number of nitrogen functional groups attached to an aromatic ring is 1. The first-order valence-electron chi connectivity index (χ1n) is 14.5. The number of amides is 1. The average Bonchev–Trinajstić information content (AvgIpc) is 3.65. The maximum atomic E-state index is 13.8. The molecule has 2 aromatic rings. The number of likely N-dealkylation sites (tertiary alicyclic amines) is 1. The Kier molecular flexibility index (Phi) is 9.50. The van der Waals surface area contributed by atoms with Crippen LogP contribution in [-0.2, 0) is 25.9 Å². The fourth-order valence-electron chi connectivity index (χ4n) is 6.36. The highest BCUT2D eigenvalue weighted by atomic mass is 32.2. The van der Waals surface area contributed by atoms with Crippen LogP contribution in [0.3, 0.4) is 0 Å². The van der Waals surface area contributed by atoms with Gasteiger partial charge < -0.3 is 30.5 Å². The SMILES string of the molecule is CN1CCC[C@@H]1CN(C[C@@H](O)[C@H](Cc1ccccc1)NC(=O)OC1CC2COC[C@@H]2C1)S(=O)(=O)c1ccc(N)cc1. The third-order valence-electron chi connectivity index (χ3n) is 8.80. The quantitative estimate of drug-likeness (QED) is 0.342. The van der Waals surface area contributed by atoms with Crippen molar-refractivity contribution in [2.24, 2.45) is 11.8 Å². The van der Waals surface area contributed by atoms with Gasteiger partial charge in [-0.2, -0.15) is 4.31 Å². The summed E-state index contributed by atoms with van der Waals surface area (Å²) >= 11 is 0. The van der Waals surface area contributed by atoms with Gasteiger partial charge >= 0.3 is 6.09 Å². The molecular formula is C30H42N4O6S. The van der Waals surface area contributed by atoms with Crippen molar-refractivity contribution in [1.82, 2.24) is 14.5 Å². The zero-order chi connectivity index (χ0) is 29.0. The molecule has 0 aromatic heterocycles. The molecule has 0 radical (unpaired) electrons. The number of rotatable bonds is 11. The number of hydrogen-bond acceptors (Lipinski definition) is 8. The lowest BCUT2D eigenvalue weighted by atomic mass is 10.0. The van der Waals surface area contributed by atoms with Crippen molar-refractivity contribution < 1.29 is 27.8 Å². The minimum absolute atomic E-state index is 0.0297. The van der Waals surface area contributed by atoms with E-state index in [4.69, 9.17) is 15.2 Å². The average molecular weight is 587 g/mol. The summed E-state index contributed by atoms with van der Waals surface area (Å²) in [5.74, 6) is 0.832. The number of hydrogen-bond donors (Lipinski definition) is 3. The van der Waals surface area contributed by atoms with Crippen molar-refractivity contribution >= 4 is 21.8 Å². The number of likely N-dealkylation sites (N-methyl/N-ethyl adjacent to an activating group) is 1. The van der Waals surface area contributed by atoms with Crippen LogP contribution >= 0.6 is 0 Å². The van der Waals surface area contributed by atoms with Gasteiger partial charge in [0.15, 0.2) is 0 Å². The molecule has 2 aliphatic heterocycles. The van der Waals surface area contributed by atoms with Crippen LogP contribution < -0.4 is 11.1 Å². The molecule has 2 heterocycles. The summed E-state index contributed by atoms with van der Waals surface area (Å²) in [6, 6.07) is 14.9. The first-order valence-corrected chi connectivity index (χ1v) is 16.0. The van der Waals surface area contributed by atoms with Crippen molar-refractivity contribution in [3.05, 3.63) is 60.2 Å². The van der Waals surface area contributed by atoms with Crippen LogP contribution in [0.2, 0.25) is 0 Å². The van der Waals surface area contributed by atoms with Gasteiger partial charge in [-0.25, -0.2) is 13.2 Å². The Morgan fingerprint density at radius 1 is 1.15 bits per heavy atom. The molecular weight excluding hydrogens is 544 g/mol. The van der Waals surface area contributed by atoms with Crippen LogP contribution in [0.5, 0.6) is 0 Å². The normalized spacial score (nSPS) is 26.1. The van der Waals surface area contributed by atoms with Gasteiger partial charge in [-0.3, -0.25) is 0 Å². The molecule has 4 N–H and O–H groups in total. The number of alkyl carbamates (subject to hydrolysis) is 1. The first-order chi connectivity index (χ1) is 19.7. The van der Waals surface area contributed by atoms with E-state index in [2.05, 4.69) is 10.2 Å². The van der Waals surface area contributed by atoms with Crippen molar-refractivity contribution in [2.45, 2.75) is 61.3 Å². The lowest BCUT2D eigenvalue weighted by Crippen LogP contribution is -2.52. The van der Waals surface area contributed by atoms with E-state index in [0.717, 1.165) is 37.8 Å². The molecule has 0 bridgehead atoms. The topological polar surface area (TPSA) is 134 Å². The van der Waals surface area contributed by atoms with Crippen LogP contribution in [0.1, 0.15) is 31.2 Å². The highest BCUT2D eigenvalue weighted by molar-refractivity contribution is 7.89. The van der Waals surface area contributed by atoms with Gasteiger partial charge in [0.05, 0.1) is 17.0 Å². The number of ether oxygens (including phenoxy) is 2. The molecule has 2 unspecified atom stereocenters. The van der Waals surface area contributed by atoms with Gasteiger partial charge in [0.2, 0.25) is 10.0 Å². The smallest absolute Gasteiger partial charge is 0.407 e. The highest BCUT2D eigenvalue weighted by Crippen LogP contribution is 2.38. The van der Waals surface area contributed by atoms with Crippen LogP contribution in [-0.4, -0.2) is 93.0 Å². The number of nitrogens with zero attached hydrogens (tertiary/aromatic N) is 2. The van der Waals surface area contributed by atoms with Gasteiger partial charge in [0, 0.05) is 38.0 Å². The fraction of sp³-hybridized carbons (Fsp3) is 0.567. The first kappa shape index (κ1) is 29.8. The molecule has 1 amide bonds. The minimum Gasteiger partial charge on any atom is -0.446 e. The number of nitrogens with one attached hydrogen (secondary N) is 1. The van der Waals surface area contributed by atoms with E-state index >= 15 is 0 Å². The summed E-state index contributed by atoms with van der Waals surface area (Å²) in [6.07, 6.45) is 1.74. The molecule has 2 aromatic carbocycles. The van der Waals surface area contributed by atoms with Gasteiger partial charge in [-0.05, 0) is 87.4 Å². The number of carbonyl (C=O) groups excluding carboxylic acids is 1. The van der Waals surface area contributed by atoms with Gasteiger partial charge in [0.25, 0.3) is 0 Å². The minimum atomic E-state index is -3.95. The Balaban J connectivity index is 1.33. The fourth-order valence-corrected chi connectivity index (χ4v) is 7.86. The van der Waals surface area contributed by atoms with E-state index in [-0.39, 0.29) is 30.1 Å². The standard InChI is InChI=1S/C30H42N4O6S/c1-33-13-5-8-25(33)17-34(41(37,38)27-11-9-24(31)10-12-27)18-29(35)28(14-21-6-3-2-4-7-21)32-30(36)40-26-15-22-19-39-20-23(22)16-26/h2-4,6-7,9-12,22-23,25-26,28-29,35H,5,8,13-20,31H2,1H3,(H,32,36)/t22-,23?,25+,26?,28-,29+/m0/s1. The van der Waals surface area contributed by atoms with Crippen molar-refractivity contribution in [3.63, 3.8) is 0 Å². The number of carbonyl (C=O) groups is 1. The summed E-state index contributed by atoms with van der Waals surface area (Å²) in [4.78, 5) is 15.3. The maximum Gasteiger partial charge on any atom is 0.407 e. The van der Waals surface area contributed by atoms with E-state index in [9.17, 15) is 18.3 Å². The number of nitrogens with two attached hydrogens (primary N) is 1. The molecule has 224 valence electrons. The summed E-state index contributed by atoms with van der Waals surface area (Å²) in [6.45, 7) is 2.35. The second kappa shape index (κ2) is 13.1. The monoisotopic (exact) mass is 586 g/mol. The maximum absolute atomic E-state index is 13.8. The molecule has 1 aliphatic carbocycles. The number of benzene rings is 2. The Morgan fingerprint density at radius 2 is 1.83 bits per heavy atom. The molecule has 1 saturated carbocycles. The third kappa shape index (κ3) is 7.39. The van der Waals surface area contributed by atoms with Crippen LogP contribution in [0.15, 0.2) is 59.5 Å². The number of aliphatic hydroxyl groups excluding tert-OH is 1. The zero-order valence-electron chi connectivity index (χ0n) is 23.6. The van der Waals surface area contributed by atoms with Gasteiger partial charge in [-0.15, -0.1) is 0 Å². The summed E-state index contributed by atoms with van der Waals surface area (Å²) in [5.41, 5.74) is 7.19. The molecule has 6 atom stereocenters. The third-order valence-corrected chi connectivity index (χ3v) is 10.6. The molecule has 41 heavy (non-hydrogen) atoms. The molecule has 2 saturated heterocycles. The largest absolute Gasteiger partial charge is 0.446 e. The predicted octanol–water partition coefficient (Wildman–Crippen LogP) is 2.48. The molecule has 3 aliphatic rings. The molecule has 0 spiro atoms. The lowest BCUT2D eigenvalue weighted by molar-refractivity contribution is 0.0638. The second-order valence-electron chi connectivity index (χ2n) is 11.7. The summed E-state index contributed by atoms with van der Waals surface area (Å²) in [7, 11) is -1.96.